The second-order valence-electron chi connectivity index (χ2n) is 4.34. The van der Waals surface area contributed by atoms with Gasteiger partial charge >= 0.3 is 12.1 Å². The topological polar surface area (TPSA) is 52.1 Å². The maximum Gasteiger partial charge on any atom is 0.434 e. The van der Waals surface area contributed by atoms with Crippen molar-refractivity contribution in [3.05, 3.63) is 23.3 Å². The van der Waals surface area contributed by atoms with Gasteiger partial charge in [0.2, 0.25) is 0 Å². The molecule has 104 valence electrons. The number of alkyl halides is 3. The molecule has 0 radical (unpaired) electrons. The molecule has 19 heavy (non-hydrogen) atoms. The van der Waals surface area contributed by atoms with E-state index < -0.39 is 23.4 Å². The Morgan fingerprint density at radius 3 is 2.63 bits per heavy atom. The van der Waals surface area contributed by atoms with Gasteiger partial charge in [0.05, 0.1) is 6.61 Å². The first-order valence-corrected chi connectivity index (χ1v) is 6.04. The molecule has 0 bridgehead atoms. The number of halogens is 3. The SMILES string of the molecule is CCOC(=O)c1cnc(C2CCC2)nc1C(F)(F)F. The fraction of sp³-hybridized carbons (Fsp3) is 0.583. The lowest BCUT2D eigenvalue weighted by atomic mass is 9.85. The molecule has 1 aromatic heterocycles. The van der Waals surface area contributed by atoms with Crippen LogP contribution in [0.1, 0.15) is 54.0 Å². The number of ether oxygens (including phenoxy) is 1. The number of esters is 1. The molecule has 1 saturated carbocycles. The van der Waals surface area contributed by atoms with Crippen molar-refractivity contribution in [1.82, 2.24) is 9.97 Å². The van der Waals surface area contributed by atoms with Crippen molar-refractivity contribution in [3.8, 4) is 0 Å². The van der Waals surface area contributed by atoms with Crippen molar-refractivity contribution >= 4 is 5.97 Å². The van der Waals surface area contributed by atoms with Crippen molar-refractivity contribution in [2.45, 2.75) is 38.3 Å². The van der Waals surface area contributed by atoms with Crippen molar-refractivity contribution in [3.63, 3.8) is 0 Å². The summed E-state index contributed by atoms with van der Waals surface area (Å²) in [5.74, 6) is -0.918. The lowest BCUT2D eigenvalue weighted by Gasteiger charge is -2.24. The van der Waals surface area contributed by atoms with E-state index in [-0.39, 0.29) is 18.3 Å². The average Bonchev–Trinajstić information content (AvgIpc) is 2.25. The van der Waals surface area contributed by atoms with Gasteiger partial charge in [0.15, 0.2) is 5.69 Å². The van der Waals surface area contributed by atoms with E-state index in [1.807, 2.05) is 0 Å². The molecule has 1 heterocycles. The molecule has 0 aromatic carbocycles. The number of hydrogen-bond donors (Lipinski definition) is 0. The van der Waals surface area contributed by atoms with Crippen LogP contribution in [0.5, 0.6) is 0 Å². The third-order valence-corrected chi connectivity index (χ3v) is 3.04. The molecule has 0 spiro atoms. The molecule has 1 aliphatic rings. The molecule has 0 unspecified atom stereocenters. The van der Waals surface area contributed by atoms with E-state index in [9.17, 15) is 18.0 Å². The van der Waals surface area contributed by atoms with Crippen LogP contribution in [0.15, 0.2) is 6.20 Å². The van der Waals surface area contributed by atoms with Crippen molar-refractivity contribution in [1.29, 1.82) is 0 Å². The standard InChI is InChI=1S/C12H13F3N2O2/c1-2-19-11(18)8-6-16-10(7-4-3-5-7)17-9(8)12(13,14)15/h6-7H,2-5H2,1H3. The molecular weight excluding hydrogens is 261 g/mol. The van der Waals surface area contributed by atoms with Gasteiger partial charge in [-0.05, 0) is 19.8 Å². The van der Waals surface area contributed by atoms with Crippen LogP contribution >= 0.6 is 0 Å². The summed E-state index contributed by atoms with van der Waals surface area (Å²) in [5, 5.41) is 0. The van der Waals surface area contributed by atoms with Crippen molar-refractivity contribution in [2.75, 3.05) is 6.61 Å². The molecule has 4 nitrogen and oxygen atoms in total. The summed E-state index contributed by atoms with van der Waals surface area (Å²) in [5.41, 5.74) is -1.83. The maximum absolute atomic E-state index is 12.9. The summed E-state index contributed by atoms with van der Waals surface area (Å²) < 4.78 is 43.3. The highest BCUT2D eigenvalue weighted by Crippen LogP contribution is 2.37. The van der Waals surface area contributed by atoms with Crippen molar-refractivity contribution in [2.24, 2.45) is 0 Å². The molecule has 1 aromatic rings. The zero-order chi connectivity index (χ0) is 14.0. The Kier molecular flexibility index (Phi) is 3.73. The highest BCUT2D eigenvalue weighted by atomic mass is 19.4. The van der Waals surface area contributed by atoms with E-state index >= 15 is 0 Å². The third-order valence-electron chi connectivity index (χ3n) is 3.04. The van der Waals surface area contributed by atoms with Crippen LogP contribution in [0.2, 0.25) is 0 Å². The van der Waals surface area contributed by atoms with Gasteiger partial charge in [-0.3, -0.25) is 0 Å². The molecule has 2 rings (SSSR count). The Hall–Kier alpha value is -1.66. The quantitative estimate of drug-likeness (QED) is 0.795. The average molecular weight is 274 g/mol. The number of nitrogens with zero attached hydrogens (tertiary/aromatic N) is 2. The summed E-state index contributed by atoms with van der Waals surface area (Å²) in [7, 11) is 0. The van der Waals surface area contributed by atoms with E-state index in [1.165, 1.54) is 6.92 Å². The molecule has 7 heteroatoms. The predicted molar refractivity (Wildman–Crippen MR) is 59.6 cm³/mol. The summed E-state index contributed by atoms with van der Waals surface area (Å²) >= 11 is 0. The monoisotopic (exact) mass is 274 g/mol. The zero-order valence-corrected chi connectivity index (χ0v) is 10.3. The minimum Gasteiger partial charge on any atom is -0.462 e. The first-order chi connectivity index (χ1) is 8.93. The van der Waals surface area contributed by atoms with Gasteiger partial charge in [-0.25, -0.2) is 14.8 Å². The first-order valence-electron chi connectivity index (χ1n) is 6.04. The smallest absolute Gasteiger partial charge is 0.434 e. The van der Waals surface area contributed by atoms with Gasteiger partial charge < -0.3 is 4.74 Å². The van der Waals surface area contributed by atoms with Gasteiger partial charge in [0.1, 0.15) is 11.4 Å². The molecule has 0 atom stereocenters. The van der Waals surface area contributed by atoms with Crippen LogP contribution in [0.3, 0.4) is 0 Å². The summed E-state index contributed by atoms with van der Waals surface area (Å²) in [6, 6.07) is 0. The van der Waals surface area contributed by atoms with E-state index in [0.29, 0.717) is 0 Å². The molecule has 0 N–H and O–H groups in total. The number of rotatable bonds is 3. The Morgan fingerprint density at radius 2 is 2.16 bits per heavy atom. The lowest BCUT2D eigenvalue weighted by Crippen LogP contribution is -2.21. The van der Waals surface area contributed by atoms with Gasteiger partial charge in [-0.1, -0.05) is 6.42 Å². The number of carbonyl (C=O) groups excluding carboxylic acids is 1. The third kappa shape index (κ3) is 2.85. The fourth-order valence-electron chi connectivity index (χ4n) is 1.83. The van der Waals surface area contributed by atoms with Crippen LogP contribution in [-0.2, 0) is 10.9 Å². The Morgan fingerprint density at radius 1 is 1.47 bits per heavy atom. The van der Waals surface area contributed by atoms with Crippen LogP contribution < -0.4 is 0 Å². The van der Waals surface area contributed by atoms with Crippen LogP contribution in [0, 0.1) is 0 Å². The summed E-state index contributed by atoms with van der Waals surface area (Å²) in [6.45, 7) is 1.52. The van der Waals surface area contributed by atoms with Gasteiger partial charge in [-0.2, -0.15) is 13.2 Å². The normalized spacial score (nSPS) is 16.0. The zero-order valence-electron chi connectivity index (χ0n) is 10.3. The predicted octanol–water partition coefficient (Wildman–Crippen LogP) is 2.94. The van der Waals surface area contributed by atoms with Gasteiger partial charge in [-0.15, -0.1) is 0 Å². The largest absolute Gasteiger partial charge is 0.462 e. The number of carbonyl (C=O) groups is 1. The fourth-order valence-corrected chi connectivity index (χ4v) is 1.83. The maximum atomic E-state index is 12.9. The Bertz CT molecular complexity index is 484. The van der Waals surface area contributed by atoms with Crippen LogP contribution in [0.25, 0.3) is 0 Å². The molecule has 1 fully saturated rings. The second-order valence-corrected chi connectivity index (χ2v) is 4.34. The van der Waals surface area contributed by atoms with E-state index in [0.717, 1.165) is 25.5 Å². The second kappa shape index (κ2) is 5.14. The molecular formula is C12H13F3N2O2. The van der Waals surface area contributed by atoms with Crippen LogP contribution in [0.4, 0.5) is 13.2 Å². The minimum atomic E-state index is -4.69. The highest BCUT2D eigenvalue weighted by Gasteiger charge is 2.39. The van der Waals surface area contributed by atoms with Crippen LogP contribution in [-0.4, -0.2) is 22.5 Å². The number of aromatic nitrogens is 2. The molecule has 0 saturated heterocycles. The lowest BCUT2D eigenvalue weighted by molar-refractivity contribution is -0.142. The minimum absolute atomic E-state index is 0.000503. The van der Waals surface area contributed by atoms with Crippen molar-refractivity contribution < 1.29 is 22.7 Å². The van der Waals surface area contributed by atoms with E-state index in [4.69, 9.17) is 0 Å². The summed E-state index contributed by atoms with van der Waals surface area (Å²) in [6.07, 6.45) is -1.23. The molecule has 0 amide bonds. The first kappa shape index (κ1) is 13.8. The Balaban J connectivity index is 2.39. The molecule has 1 aliphatic carbocycles. The Labute approximate surface area is 108 Å². The molecule has 0 aliphatic heterocycles. The van der Waals surface area contributed by atoms with E-state index in [1.54, 1.807) is 0 Å². The summed E-state index contributed by atoms with van der Waals surface area (Å²) in [4.78, 5) is 18.9. The highest BCUT2D eigenvalue weighted by molar-refractivity contribution is 5.90. The van der Waals surface area contributed by atoms with Gasteiger partial charge in [0.25, 0.3) is 0 Å². The number of hydrogen-bond acceptors (Lipinski definition) is 4. The van der Waals surface area contributed by atoms with E-state index in [2.05, 4.69) is 14.7 Å². The van der Waals surface area contributed by atoms with Gasteiger partial charge in [0, 0.05) is 12.1 Å².